The Hall–Kier alpha value is -0.760. The van der Waals surface area contributed by atoms with Gasteiger partial charge in [-0.3, -0.25) is 5.32 Å². The van der Waals surface area contributed by atoms with Crippen LogP contribution in [-0.4, -0.2) is 12.8 Å². The molecule has 1 radical (unpaired) electrons. The van der Waals surface area contributed by atoms with E-state index < -0.39 is 0 Å². The first kappa shape index (κ1) is 5.98. The second kappa shape index (κ2) is 2.46. The topological polar surface area (TPSA) is 23.3 Å². The second-order valence-corrected chi connectivity index (χ2v) is 2.58. The van der Waals surface area contributed by atoms with Crippen LogP contribution in [0.4, 0.5) is 0 Å². The van der Waals surface area contributed by atoms with Crippen molar-refractivity contribution < 1.29 is 4.74 Å². The van der Waals surface area contributed by atoms with Gasteiger partial charge in [-0.15, -0.1) is 0 Å². The summed E-state index contributed by atoms with van der Waals surface area (Å²) in [6.45, 7) is 0.544. The number of fused-ring (bicyclic) bond motifs is 1. The van der Waals surface area contributed by atoms with E-state index >= 15 is 0 Å². The summed E-state index contributed by atoms with van der Waals surface area (Å²) in [5.41, 5.74) is 1.23. The molecule has 1 heterocycles. The maximum absolute atomic E-state index is 5.40. The summed E-state index contributed by atoms with van der Waals surface area (Å²) >= 11 is 0. The molecule has 2 nitrogen and oxygen atoms in total. The Labute approximate surface area is 60.6 Å². The molecule has 0 aromatic rings. The van der Waals surface area contributed by atoms with E-state index in [9.17, 15) is 0 Å². The average Bonchev–Trinajstić information content (AvgIpc) is 2.05. The Balaban J connectivity index is 2.21. The lowest BCUT2D eigenvalue weighted by Gasteiger charge is -2.24. The van der Waals surface area contributed by atoms with Gasteiger partial charge >= 0.3 is 0 Å². The van der Waals surface area contributed by atoms with Crippen LogP contribution in [0.5, 0.6) is 0 Å². The van der Waals surface area contributed by atoms with Gasteiger partial charge in [0.15, 0.2) is 0 Å². The van der Waals surface area contributed by atoms with Gasteiger partial charge < -0.3 is 4.74 Å². The Kier molecular flexibility index (Phi) is 1.47. The van der Waals surface area contributed by atoms with Crippen LogP contribution in [-0.2, 0) is 4.74 Å². The van der Waals surface area contributed by atoms with E-state index in [2.05, 4.69) is 17.5 Å². The van der Waals surface area contributed by atoms with Gasteiger partial charge in [-0.2, -0.15) is 0 Å². The van der Waals surface area contributed by atoms with Crippen molar-refractivity contribution >= 4 is 0 Å². The van der Waals surface area contributed by atoms with Crippen molar-refractivity contribution in [3.05, 3.63) is 23.9 Å². The monoisotopic (exact) mass is 136 g/mol. The molecule has 0 N–H and O–H groups in total. The van der Waals surface area contributed by atoms with Gasteiger partial charge in [0.25, 0.3) is 0 Å². The third-order valence-electron chi connectivity index (χ3n) is 1.87. The molecular formula is C8H10NO. The lowest BCUT2D eigenvalue weighted by atomic mass is 9.99. The van der Waals surface area contributed by atoms with Crippen molar-refractivity contribution in [2.45, 2.75) is 18.9 Å². The molecule has 2 rings (SSSR count). The third kappa shape index (κ3) is 0.948. The maximum Gasteiger partial charge on any atom is 0.138 e. The number of rotatable bonds is 0. The highest BCUT2D eigenvalue weighted by Crippen LogP contribution is 2.21. The van der Waals surface area contributed by atoms with Gasteiger partial charge in [0.2, 0.25) is 0 Å². The molecule has 0 bridgehead atoms. The quantitative estimate of drug-likeness (QED) is 0.490. The third-order valence-corrected chi connectivity index (χ3v) is 1.87. The number of ether oxygens (including phenoxy) is 1. The molecule has 1 unspecified atom stereocenters. The lowest BCUT2D eigenvalue weighted by molar-refractivity contribution is 0.0525. The van der Waals surface area contributed by atoms with E-state index in [4.69, 9.17) is 4.74 Å². The number of hydrogen-bond donors (Lipinski definition) is 0. The highest BCUT2D eigenvalue weighted by molar-refractivity contribution is 5.26. The molecule has 10 heavy (non-hydrogen) atoms. The minimum Gasteiger partial charge on any atom is -0.351 e. The zero-order valence-electron chi connectivity index (χ0n) is 5.79. The summed E-state index contributed by atoms with van der Waals surface area (Å²) in [5, 5.41) is 4.03. The fourth-order valence-electron chi connectivity index (χ4n) is 1.32. The highest BCUT2D eigenvalue weighted by Gasteiger charge is 2.18. The Bertz CT molecular complexity index is 184. The molecular weight excluding hydrogens is 126 g/mol. The fraction of sp³-hybridized carbons (Fsp3) is 0.500. The summed E-state index contributed by atoms with van der Waals surface area (Å²) in [7, 11) is 0. The summed E-state index contributed by atoms with van der Waals surface area (Å²) in [5.74, 6) is 0. The normalized spacial score (nSPS) is 30.4. The van der Waals surface area contributed by atoms with Crippen LogP contribution in [0.25, 0.3) is 0 Å². The van der Waals surface area contributed by atoms with Crippen LogP contribution >= 0.6 is 0 Å². The molecule has 1 aliphatic heterocycles. The molecule has 0 saturated carbocycles. The molecule has 0 aromatic heterocycles. The van der Waals surface area contributed by atoms with E-state index in [-0.39, 0.29) is 0 Å². The zero-order chi connectivity index (χ0) is 6.81. The molecule has 0 fully saturated rings. The fourth-order valence-corrected chi connectivity index (χ4v) is 1.32. The zero-order valence-corrected chi connectivity index (χ0v) is 5.79. The Morgan fingerprint density at radius 2 is 2.60 bits per heavy atom. The molecule has 2 aliphatic rings. The largest absolute Gasteiger partial charge is 0.351 e. The van der Waals surface area contributed by atoms with E-state index in [1.165, 1.54) is 5.57 Å². The highest BCUT2D eigenvalue weighted by atomic mass is 16.5. The summed E-state index contributed by atoms with van der Waals surface area (Å²) in [6, 6.07) is 0. The predicted octanol–water partition coefficient (Wildman–Crippen LogP) is 1.18. The van der Waals surface area contributed by atoms with E-state index in [1.807, 2.05) is 6.20 Å². The lowest BCUT2D eigenvalue weighted by Crippen LogP contribution is -2.25. The minimum absolute atomic E-state index is 0.336. The number of nitrogens with zero attached hydrogens (tertiary/aromatic N) is 1. The first-order valence-corrected chi connectivity index (χ1v) is 3.61. The van der Waals surface area contributed by atoms with Crippen LogP contribution in [0.15, 0.2) is 23.9 Å². The summed E-state index contributed by atoms with van der Waals surface area (Å²) < 4.78 is 5.40. The van der Waals surface area contributed by atoms with Gasteiger partial charge in [-0.25, -0.2) is 0 Å². The van der Waals surface area contributed by atoms with Gasteiger partial charge in [0, 0.05) is 6.20 Å². The van der Waals surface area contributed by atoms with Gasteiger partial charge in [-0.05, 0) is 18.4 Å². The Morgan fingerprint density at radius 1 is 1.60 bits per heavy atom. The van der Waals surface area contributed by atoms with Gasteiger partial charge in [-0.1, -0.05) is 12.2 Å². The standard InChI is InChI=1S/C8H10NO/c1-2-4-8-7(3-1)5-9-6-10-8/h1,3,5,8H,2,4,6H2. The number of allylic oxidation sites excluding steroid dienone is 1. The van der Waals surface area contributed by atoms with E-state index in [0.717, 1.165) is 12.8 Å². The van der Waals surface area contributed by atoms with Crippen molar-refractivity contribution in [3.8, 4) is 0 Å². The molecule has 0 spiro atoms. The van der Waals surface area contributed by atoms with Crippen molar-refractivity contribution in [2.24, 2.45) is 0 Å². The van der Waals surface area contributed by atoms with Crippen molar-refractivity contribution in [3.63, 3.8) is 0 Å². The smallest absolute Gasteiger partial charge is 0.138 e. The SMILES string of the molecule is C1=CC2=C[N]COC2CC1. The predicted molar refractivity (Wildman–Crippen MR) is 38.3 cm³/mol. The van der Waals surface area contributed by atoms with Crippen LogP contribution in [0.3, 0.4) is 0 Å². The van der Waals surface area contributed by atoms with Crippen LogP contribution < -0.4 is 5.32 Å². The van der Waals surface area contributed by atoms with Gasteiger partial charge in [0.05, 0.1) is 6.10 Å². The van der Waals surface area contributed by atoms with Crippen LogP contribution in [0.1, 0.15) is 12.8 Å². The Morgan fingerprint density at radius 3 is 3.50 bits per heavy atom. The van der Waals surface area contributed by atoms with E-state index in [0.29, 0.717) is 12.8 Å². The first-order valence-electron chi connectivity index (χ1n) is 3.61. The molecule has 0 aromatic carbocycles. The maximum atomic E-state index is 5.40. The molecule has 0 saturated heterocycles. The van der Waals surface area contributed by atoms with Gasteiger partial charge in [0.1, 0.15) is 6.73 Å². The van der Waals surface area contributed by atoms with Crippen molar-refractivity contribution in [2.75, 3.05) is 6.73 Å². The number of hydrogen-bond acceptors (Lipinski definition) is 1. The molecule has 1 aliphatic carbocycles. The summed E-state index contributed by atoms with van der Waals surface area (Å²) in [4.78, 5) is 0. The second-order valence-electron chi connectivity index (χ2n) is 2.58. The van der Waals surface area contributed by atoms with E-state index in [1.54, 1.807) is 0 Å². The molecule has 0 amide bonds. The van der Waals surface area contributed by atoms with Crippen molar-refractivity contribution in [1.29, 1.82) is 0 Å². The van der Waals surface area contributed by atoms with Crippen molar-refractivity contribution in [1.82, 2.24) is 5.32 Å². The van der Waals surface area contributed by atoms with Crippen LogP contribution in [0, 0.1) is 0 Å². The average molecular weight is 136 g/mol. The molecule has 53 valence electrons. The summed E-state index contributed by atoms with van der Waals surface area (Å²) in [6.07, 6.45) is 8.80. The minimum atomic E-state index is 0.336. The van der Waals surface area contributed by atoms with Crippen LogP contribution in [0.2, 0.25) is 0 Å². The first-order chi connectivity index (χ1) is 4.97. The molecule has 1 atom stereocenters. The molecule has 2 heteroatoms.